The minimum Gasteiger partial charge on any atom is -0.304 e. The van der Waals surface area contributed by atoms with Crippen LogP contribution in [-0.4, -0.2) is 6.29 Å². The topological polar surface area (TPSA) is 17.1 Å². The first-order chi connectivity index (χ1) is 1.41. The van der Waals surface area contributed by atoms with Gasteiger partial charge in [-0.25, -0.2) is 0 Å². The van der Waals surface area contributed by atoms with Gasteiger partial charge in [-0.1, -0.05) is 0 Å². The van der Waals surface area contributed by atoms with Gasteiger partial charge in [0.2, 0.25) is 0 Å². The molecule has 0 bridgehead atoms. The van der Waals surface area contributed by atoms with Crippen molar-refractivity contribution in [3.63, 3.8) is 0 Å². The van der Waals surface area contributed by atoms with Crippen LogP contribution >= 0.6 is 0 Å². The predicted molar refractivity (Wildman–Crippen MR) is 11.7 cm³/mol. The van der Waals surface area contributed by atoms with Crippen LogP contribution in [0.1, 0.15) is 6.92 Å². The van der Waals surface area contributed by atoms with E-state index in [1.807, 2.05) is 0 Å². The Balaban J connectivity index is 0. The normalized spacial score (nSPS) is 3.25. The molecule has 0 radical (unpaired) electrons. The molecule has 0 heterocycles. The summed E-state index contributed by atoms with van der Waals surface area (Å²) < 4.78 is 0. The van der Waals surface area contributed by atoms with Crippen molar-refractivity contribution in [1.29, 1.82) is 0 Å². The van der Waals surface area contributed by atoms with Crippen LogP contribution in [0.25, 0.3) is 0 Å². The van der Waals surface area contributed by atoms with Crippen LogP contribution in [0.5, 0.6) is 0 Å². The Bertz CT molecular complexity index is 13.5. The van der Waals surface area contributed by atoms with Gasteiger partial charge < -0.3 is 4.79 Å². The maximum atomic E-state index is 8.81. The molecule has 4 heavy (non-hydrogen) atoms. The Labute approximate surface area is 57.5 Å². The number of hydrogen-bond acceptors (Lipinski definition) is 1. The van der Waals surface area contributed by atoms with E-state index < -0.39 is 0 Å². The average molecular weight is 201 g/mol. The van der Waals surface area contributed by atoms with E-state index in [1.165, 1.54) is 6.92 Å². The van der Waals surface area contributed by atoms with Crippen LogP contribution < -0.4 is 0 Å². The second-order valence-electron chi connectivity index (χ2n) is 0.236. The molecule has 0 amide bonds. The zero-order valence-electron chi connectivity index (χ0n) is 2.34. The Morgan fingerprint density at radius 1 is 1.75 bits per heavy atom. The zero-order valence-corrected chi connectivity index (χ0v) is 4.61. The number of aldehydes is 1. The molecule has 0 aromatic rings. The molecule has 0 aliphatic heterocycles. The van der Waals surface area contributed by atoms with Crippen molar-refractivity contribution in [1.82, 2.24) is 0 Å². The molecule has 0 aliphatic rings. The van der Waals surface area contributed by atoms with Crippen molar-refractivity contribution in [2.24, 2.45) is 0 Å². The van der Waals surface area contributed by atoms with Crippen LogP contribution in [0.15, 0.2) is 0 Å². The molecule has 2 heteroatoms. The van der Waals surface area contributed by atoms with E-state index in [0.717, 1.165) is 6.29 Å². The standard InChI is InChI=1S/C2H4O.Gd/c1-2-3;/h2H,1H3;. The van der Waals surface area contributed by atoms with Gasteiger partial charge in [0.05, 0.1) is 0 Å². The summed E-state index contributed by atoms with van der Waals surface area (Å²) in [5.41, 5.74) is 0. The van der Waals surface area contributed by atoms with Crippen molar-refractivity contribution in [2.75, 3.05) is 0 Å². The summed E-state index contributed by atoms with van der Waals surface area (Å²) in [7, 11) is 0. The van der Waals surface area contributed by atoms with Gasteiger partial charge in [-0.05, 0) is 6.92 Å². The Kier molecular flexibility index (Phi) is 20.0. The number of hydrogen-bond donors (Lipinski definition) is 0. The third-order valence-electron chi connectivity index (χ3n) is 0. The number of carbonyl (C=O) groups excluding carboxylic acids is 1. The maximum absolute atomic E-state index is 8.81. The molecule has 0 N–H and O–H groups in total. The first kappa shape index (κ1) is 8.89. The molecule has 0 aromatic heterocycles. The van der Waals surface area contributed by atoms with Gasteiger partial charge in [0.1, 0.15) is 6.29 Å². The molecule has 0 aliphatic carbocycles. The van der Waals surface area contributed by atoms with E-state index in [2.05, 4.69) is 0 Å². The third-order valence-corrected chi connectivity index (χ3v) is 0. The minimum absolute atomic E-state index is 0. The van der Waals surface area contributed by atoms with Gasteiger partial charge in [-0.15, -0.1) is 0 Å². The van der Waals surface area contributed by atoms with E-state index in [1.54, 1.807) is 0 Å². The summed E-state index contributed by atoms with van der Waals surface area (Å²) in [6.45, 7) is 1.44. The largest absolute Gasteiger partial charge is 0.304 e. The van der Waals surface area contributed by atoms with Crippen molar-refractivity contribution in [2.45, 2.75) is 6.92 Å². The van der Waals surface area contributed by atoms with Crippen LogP contribution in [-0.2, 0) is 4.79 Å². The third kappa shape index (κ3) is 12.0. The fourth-order valence-electron chi connectivity index (χ4n) is 0. The van der Waals surface area contributed by atoms with Crippen molar-refractivity contribution >= 4 is 6.29 Å². The second-order valence-corrected chi connectivity index (χ2v) is 0.236. The molecular weight excluding hydrogens is 197 g/mol. The average Bonchev–Trinajstić information content (AvgIpc) is 0.918. The molecule has 26 valence electrons. The van der Waals surface area contributed by atoms with Gasteiger partial charge in [-0.2, -0.15) is 0 Å². The quantitative estimate of drug-likeness (QED) is 0.512. The maximum Gasteiger partial charge on any atom is 0.116 e. The molecule has 0 unspecified atom stereocenters. The number of rotatable bonds is 0. The second kappa shape index (κ2) is 9.00. The molecule has 0 rings (SSSR count). The minimum atomic E-state index is 0. The molecule has 0 fully saturated rings. The van der Waals surface area contributed by atoms with E-state index in [0.29, 0.717) is 0 Å². The van der Waals surface area contributed by atoms with Gasteiger partial charge in [-0.3, -0.25) is 0 Å². The SMILES string of the molecule is CC=O.[Gd]. The van der Waals surface area contributed by atoms with E-state index >= 15 is 0 Å². The summed E-state index contributed by atoms with van der Waals surface area (Å²) in [5, 5.41) is 0. The number of carbonyl (C=O) groups is 1. The van der Waals surface area contributed by atoms with E-state index in [4.69, 9.17) is 4.79 Å². The zero-order chi connectivity index (χ0) is 2.71. The van der Waals surface area contributed by atoms with Gasteiger partial charge in [0, 0.05) is 39.9 Å². The molecule has 0 saturated carbocycles. The molecule has 1 nitrogen and oxygen atoms in total. The Morgan fingerprint density at radius 3 is 1.75 bits per heavy atom. The predicted octanol–water partition coefficient (Wildman–Crippen LogP) is 0.205. The molecule has 0 spiro atoms. The summed E-state index contributed by atoms with van der Waals surface area (Å²) in [5.74, 6) is 0. The smallest absolute Gasteiger partial charge is 0.116 e. The molecular formula is C2H4GdO. The van der Waals surface area contributed by atoms with Crippen molar-refractivity contribution in [3.05, 3.63) is 0 Å². The van der Waals surface area contributed by atoms with Crippen LogP contribution in [0, 0.1) is 39.9 Å². The summed E-state index contributed by atoms with van der Waals surface area (Å²) in [4.78, 5) is 8.81. The molecule has 0 atom stereocenters. The summed E-state index contributed by atoms with van der Waals surface area (Å²) in [6.07, 6.45) is 0.750. The first-order valence-corrected chi connectivity index (χ1v) is 0.813. The van der Waals surface area contributed by atoms with Crippen molar-refractivity contribution < 1.29 is 44.7 Å². The van der Waals surface area contributed by atoms with Crippen LogP contribution in [0.4, 0.5) is 0 Å². The van der Waals surface area contributed by atoms with E-state index in [9.17, 15) is 0 Å². The fraction of sp³-hybridized carbons (Fsp3) is 0.500. The van der Waals surface area contributed by atoms with Gasteiger partial charge in [0.25, 0.3) is 0 Å². The monoisotopic (exact) mass is 202 g/mol. The molecule has 0 saturated heterocycles. The van der Waals surface area contributed by atoms with Crippen LogP contribution in [0.2, 0.25) is 0 Å². The fourth-order valence-corrected chi connectivity index (χ4v) is 0. The molecule has 0 aromatic carbocycles. The van der Waals surface area contributed by atoms with Crippen molar-refractivity contribution in [3.8, 4) is 0 Å². The summed E-state index contributed by atoms with van der Waals surface area (Å²) >= 11 is 0. The summed E-state index contributed by atoms with van der Waals surface area (Å²) in [6, 6.07) is 0. The first-order valence-electron chi connectivity index (χ1n) is 0.813. The van der Waals surface area contributed by atoms with Gasteiger partial charge in [0.15, 0.2) is 0 Å². The van der Waals surface area contributed by atoms with Crippen LogP contribution in [0.3, 0.4) is 0 Å². The van der Waals surface area contributed by atoms with E-state index in [-0.39, 0.29) is 39.9 Å². The van der Waals surface area contributed by atoms with Gasteiger partial charge >= 0.3 is 0 Å². The Morgan fingerprint density at radius 2 is 1.75 bits per heavy atom. The Hall–Kier alpha value is 0.995.